The lowest BCUT2D eigenvalue weighted by atomic mass is 10.1. The van der Waals surface area contributed by atoms with Crippen molar-refractivity contribution in [2.24, 2.45) is 0 Å². The van der Waals surface area contributed by atoms with Gasteiger partial charge in [0.2, 0.25) is 0 Å². The number of hydrogen-bond acceptors (Lipinski definition) is 1. The number of rotatable bonds is 8. The fraction of sp³-hybridized carbons (Fsp3) is 0.727. The minimum atomic E-state index is 0.741. The number of carbonyl (C=O) groups excluding carboxylic acids is 1. The first-order valence-corrected chi connectivity index (χ1v) is 5.00. The maximum atomic E-state index is 9.97. The summed E-state index contributed by atoms with van der Waals surface area (Å²) in [6.07, 6.45) is 13.4. The van der Waals surface area contributed by atoms with Crippen LogP contribution in [0, 0.1) is 0 Å². The van der Waals surface area contributed by atoms with Gasteiger partial charge in [0.1, 0.15) is 6.29 Å². The van der Waals surface area contributed by atoms with Crippen LogP contribution in [-0.4, -0.2) is 6.29 Å². The van der Waals surface area contributed by atoms with Gasteiger partial charge in [-0.05, 0) is 25.7 Å². The van der Waals surface area contributed by atoms with Gasteiger partial charge in [0.05, 0.1) is 0 Å². The van der Waals surface area contributed by atoms with Crippen LogP contribution in [0.1, 0.15) is 51.9 Å². The smallest absolute Gasteiger partial charge is 0.119 e. The van der Waals surface area contributed by atoms with Gasteiger partial charge in [0.15, 0.2) is 0 Å². The maximum absolute atomic E-state index is 9.97. The van der Waals surface area contributed by atoms with E-state index in [1.54, 1.807) is 0 Å². The predicted octanol–water partition coefficient (Wildman–Crippen LogP) is 3.49. The molecule has 1 heteroatoms. The Morgan fingerprint density at radius 2 is 1.58 bits per heavy atom. The summed E-state index contributed by atoms with van der Waals surface area (Å²) in [5.41, 5.74) is 0. The molecule has 0 heterocycles. The van der Waals surface area contributed by atoms with Crippen LogP contribution >= 0.6 is 0 Å². The molecule has 0 aromatic carbocycles. The van der Waals surface area contributed by atoms with Crippen molar-refractivity contribution in [3.63, 3.8) is 0 Å². The molecule has 0 radical (unpaired) electrons. The third-order valence-corrected chi connectivity index (χ3v) is 1.85. The third kappa shape index (κ3) is 9.41. The predicted molar refractivity (Wildman–Crippen MR) is 53.2 cm³/mol. The van der Waals surface area contributed by atoms with E-state index in [4.69, 9.17) is 0 Å². The topological polar surface area (TPSA) is 17.1 Å². The van der Waals surface area contributed by atoms with Crippen molar-refractivity contribution in [1.82, 2.24) is 0 Å². The van der Waals surface area contributed by atoms with Gasteiger partial charge in [-0.15, -0.1) is 0 Å². The molecule has 0 fully saturated rings. The quantitative estimate of drug-likeness (QED) is 0.308. The van der Waals surface area contributed by atoms with E-state index in [1.165, 1.54) is 25.7 Å². The standard InChI is InChI=1S/C11H20O/c1-2-3-4-5-6-7-8-9-10-11-12/h3-4,11H,2,5-10H2,1H3/b4-3-. The molecule has 0 saturated heterocycles. The molecule has 0 atom stereocenters. The van der Waals surface area contributed by atoms with E-state index in [0.29, 0.717) is 0 Å². The monoisotopic (exact) mass is 168 g/mol. The molecule has 0 rings (SSSR count). The lowest BCUT2D eigenvalue weighted by Gasteiger charge is -1.95. The van der Waals surface area contributed by atoms with Gasteiger partial charge in [-0.1, -0.05) is 31.9 Å². The Morgan fingerprint density at radius 3 is 2.17 bits per heavy atom. The summed E-state index contributed by atoms with van der Waals surface area (Å²) >= 11 is 0. The second kappa shape index (κ2) is 10.4. The fourth-order valence-electron chi connectivity index (χ4n) is 1.13. The molecule has 0 amide bonds. The summed E-state index contributed by atoms with van der Waals surface area (Å²) in [4.78, 5) is 9.97. The highest BCUT2D eigenvalue weighted by Gasteiger charge is 1.87. The number of unbranched alkanes of at least 4 members (excludes halogenated alkanes) is 5. The van der Waals surface area contributed by atoms with Crippen LogP contribution in [0.5, 0.6) is 0 Å². The van der Waals surface area contributed by atoms with Crippen LogP contribution in [-0.2, 0) is 4.79 Å². The Kier molecular flexibility index (Phi) is 9.90. The first kappa shape index (κ1) is 11.4. The highest BCUT2D eigenvalue weighted by atomic mass is 16.1. The van der Waals surface area contributed by atoms with Crippen molar-refractivity contribution in [3.8, 4) is 0 Å². The van der Waals surface area contributed by atoms with Gasteiger partial charge < -0.3 is 4.79 Å². The third-order valence-electron chi connectivity index (χ3n) is 1.85. The molecule has 0 bridgehead atoms. The van der Waals surface area contributed by atoms with Crippen molar-refractivity contribution < 1.29 is 4.79 Å². The zero-order chi connectivity index (χ0) is 9.07. The van der Waals surface area contributed by atoms with Gasteiger partial charge in [0.25, 0.3) is 0 Å². The van der Waals surface area contributed by atoms with E-state index in [1.807, 2.05) is 0 Å². The lowest BCUT2D eigenvalue weighted by molar-refractivity contribution is -0.107. The number of hydrogen-bond donors (Lipinski definition) is 0. The summed E-state index contributed by atoms with van der Waals surface area (Å²) in [7, 11) is 0. The van der Waals surface area contributed by atoms with Gasteiger partial charge in [0, 0.05) is 6.42 Å². The number of allylic oxidation sites excluding steroid dienone is 2. The highest BCUT2D eigenvalue weighted by Crippen LogP contribution is 2.04. The van der Waals surface area contributed by atoms with Gasteiger partial charge in [-0.25, -0.2) is 0 Å². The van der Waals surface area contributed by atoms with Crippen molar-refractivity contribution in [1.29, 1.82) is 0 Å². The summed E-state index contributed by atoms with van der Waals surface area (Å²) in [5, 5.41) is 0. The summed E-state index contributed by atoms with van der Waals surface area (Å²) in [5.74, 6) is 0. The van der Waals surface area contributed by atoms with Crippen LogP contribution in [0.15, 0.2) is 12.2 Å². The first-order valence-electron chi connectivity index (χ1n) is 5.00. The average molecular weight is 168 g/mol. The van der Waals surface area contributed by atoms with Gasteiger partial charge in [-0.2, -0.15) is 0 Å². The molecule has 0 aliphatic carbocycles. The van der Waals surface area contributed by atoms with E-state index < -0.39 is 0 Å². The summed E-state index contributed by atoms with van der Waals surface area (Å²) in [6.45, 7) is 2.15. The molecule has 0 saturated carbocycles. The Morgan fingerprint density at radius 1 is 0.917 bits per heavy atom. The largest absolute Gasteiger partial charge is 0.303 e. The van der Waals surface area contributed by atoms with E-state index in [0.717, 1.165) is 25.5 Å². The Balaban J connectivity index is 2.90. The van der Waals surface area contributed by atoms with E-state index in [9.17, 15) is 4.79 Å². The van der Waals surface area contributed by atoms with Gasteiger partial charge >= 0.3 is 0 Å². The molecule has 0 aliphatic rings. The molecule has 1 nitrogen and oxygen atoms in total. The van der Waals surface area contributed by atoms with E-state index in [-0.39, 0.29) is 0 Å². The SMILES string of the molecule is CC/C=C\CCCCCCC=O. The molecule has 0 spiro atoms. The second-order valence-electron chi connectivity index (χ2n) is 3.04. The number of carbonyl (C=O) groups is 1. The van der Waals surface area contributed by atoms with Crippen molar-refractivity contribution >= 4 is 6.29 Å². The van der Waals surface area contributed by atoms with Crippen LogP contribution in [0.25, 0.3) is 0 Å². The van der Waals surface area contributed by atoms with Crippen molar-refractivity contribution in [3.05, 3.63) is 12.2 Å². The van der Waals surface area contributed by atoms with Crippen LogP contribution in [0.3, 0.4) is 0 Å². The van der Waals surface area contributed by atoms with Crippen LogP contribution in [0.4, 0.5) is 0 Å². The Bertz CT molecular complexity index is 116. The maximum Gasteiger partial charge on any atom is 0.119 e. The normalized spacial score (nSPS) is 10.8. The molecular formula is C11H20O. The Hall–Kier alpha value is -0.590. The van der Waals surface area contributed by atoms with Crippen LogP contribution in [0.2, 0.25) is 0 Å². The van der Waals surface area contributed by atoms with Crippen molar-refractivity contribution in [2.45, 2.75) is 51.9 Å². The van der Waals surface area contributed by atoms with E-state index in [2.05, 4.69) is 19.1 Å². The highest BCUT2D eigenvalue weighted by molar-refractivity contribution is 5.48. The zero-order valence-corrected chi connectivity index (χ0v) is 8.09. The summed E-state index contributed by atoms with van der Waals surface area (Å²) in [6, 6.07) is 0. The molecule has 70 valence electrons. The average Bonchev–Trinajstić information content (AvgIpc) is 2.10. The molecule has 12 heavy (non-hydrogen) atoms. The number of aldehydes is 1. The molecule has 0 unspecified atom stereocenters. The van der Waals surface area contributed by atoms with E-state index >= 15 is 0 Å². The molecular weight excluding hydrogens is 148 g/mol. The first-order chi connectivity index (χ1) is 5.91. The van der Waals surface area contributed by atoms with Crippen LogP contribution < -0.4 is 0 Å². The summed E-state index contributed by atoms with van der Waals surface area (Å²) < 4.78 is 0. The fourth-order valence-corrected chi connectivity index (χ4v) is 1.13. The second-order valence-corrected chi connectivity index (χ2v) is 3.04. The molecule has 0 N–H and O–H groups in total. The minimum Gasteiger partial charge on any atom is -0.303 e. The zero-order valence-electron chi connectivity index (χ0n) is 8.09. The lowest BCUT2D eigenvalue weighted by Crippen LogP contribution is -1.78. The molecule has 0 aromatic rings. The molecule has 0 aromatic heterocycles. The minimum absolute atomic E-state index is 0.741. The van der Waals surface area contributed by atoms with Gasteiger partial charge in [-0.3, -0.25) is 0 Å². The molecule has 0 aliphatic heterocycles. The van der Waals surface area contributed by atoms with Crippen molar-refractivity contribution in [2.75, 3.05) is 0 Å². The Labute approximate surface area is 75.9 Å².